The van der Waals surface area contributed by atoms with Crippen molar-refractivity contribution < 1.29 is 24.2 Å². The molecule has 0 heterocycles. The van der Waals surface area contributed by atoms with Gasteiger partial charge in [-0.15, -0.1) is 0 Å². The molecule has 2 aromatic carbocycles. The van der Waals surface area contributed by atoms with E-state index in [0.717, 1.165) is 10.5 Å². The second-order valence-electron chi connectivity index (χ2n) is 10.4. The van der Waals surface area contributed by atoms with Crippen molar-refractivity contribution >= 4 is 23.6 Å². The SMILES string of the molecule is C#CN(C(=O)C(CC(C)C)NC(=O)OC(C)(C)C)C(C(=O)Nc1ccccc1C)c1ccc(O)c(C)c1. The number of alkyl carbamates (subject to hydrolysis) is 1. The highest BCUT2D eigenvalue weighted by molar-refractivity contribution is 6.00. The van der Waals surface area contributed by atoms with Crippen molar-refractivity contribution in [1.29, 1.82) is 0 Å². The number of ether oxygens (including phenoxy) is 1. The van der Waals surface area contributed by atoms with Crippen molar-refractivity contribution in [1.82, 2.24) is 10.2 Å². The van der Waals surface area contributed by atoms with Crippen molar-refractivity contribution in [3.8, 4) is 18.2 Å². The molecule has 0 aromatic heterocycles. The molecule has 0 aliphatic carbocycles. The van der Waals surface area contributed by atoms with Crippen molar-refractivity contribution in [2.45, 2.75) is 72.6 Å². The van der Waals surface area contributed by atoms with Crippen LogP contribution in [0.25, 0.3) is 0 Å². The van der Waals surface area contributed by atoms with E-state index in [9.17, 15) is 19.5 Å². The third-order valence-corrected chi connectivity index (χ3v) is 5.52. The molecule has 0 aliphatic heterocycles. The highest BCUT2D eigenvalue weighted by Crippen LogP contribution is 2.28. The maximum Gasteiger partial charge on any atom is 0.408 e. The Labute approximate surface area is 219 Å². The third kappa shape index (κ3) is 8.28. The lowest BCUT2D eigenvalue weighted by Crippen LogP contribution is -2.51. The minimum atomic E-state index is -1.23. The van der Waals surface area contributed by atoms with Gasteiger partial charge in [0.15, 0.2) is 0 Å². The number of terminal acetylenes is 1. The van der Waals surface area contributed by atoms with E-state index in [1.54, 1.807) is 52.0 Å². The summed E-state index contributed by atoms with van der Waals surface area (Å²) < 4.78 is 5.35. The predicted octanol–water partition coefficient (Wildman–Crippen LogP) is 5.05. The number of phenols is 1. The molecule has 0 radical (unpaired) electrons. The Morgan fingerprint density at radius 3 is 2.27 bits per heavy atom. The number of aryl methyl sites for hydroxylation is 2. The zero-order chi connectivity index (χ0) is 27.9. The molecule has 3 N–H and O–H groups in total. The van der Waals surface area contributed by atoms with Gasteiger partial charge in [-0.25, -0.2) is 4.79 Å². The van der Waals surface area contributed by atoms with Crippen LogP contribution in [0.5, 0.6) is 5.75 Å². The van der Waals surface area contributed by atoms with Crippen LogP contribution in [0.2, 0.25) is 0 Å². The summed E-state index contributed by atoms with van der Waals surface area (Å²) >= 11 is 0. The Bertz CT molecular complexity index is 1180. The van der Waals surface area contributed by atoms with Gasteiger partial charge in [0.05, 0.1) is 0 Å². The highest BCUT2D eigenvalue weighted by Gasteiger charge is 2.36. The molecular formula is C29H37N3O5. The van der Waals surface area contributed by atoms with Gasteiger partial charge in [-0.2, -0.15) is 0 Å². The van der Waals surface area contributed by atoms with Crippen LogP contribution in [0, 0.1) is 32.2 Å². The maximum atomic E-state index is 13.8. The first kappa shape index (κ1) is 29.2. The minimum Gasteiger partial charge on any atom is -0.508 e. The van der Waals surface area contributed by atoms with Crippen molar-refractivity contribution in [2.24, 2.45) is 5.92 Å². The molecule has 8 heteroatoms. The molecule has 2 atom stereocenters. The Kier molecular flexibility index (Phi) is 9.73. The average molecular weight is 508 g/mol. The lowest BCUT2D eigenvalue weighted by molar-refractivity contribution is -0.137. The van der Waals surface area contributed by atoms with Gasteiger partial charge in [-0.05, 0) is 81.8 Å². The second kappa shape index (κ2) is 12.3. The normalized spacial score (nSPS) is 12.7. The summed E-state index contributed by atoms with van der Waals surface area (Å²) in [6, 6.07) is 11.9. The van der Waals surface area contributed by atoms with E-state index in [4.69, 9.17) is 11.2 Å². The number of para-hydroxylation sites is 1. The van der Waals surface area contributed by atoms with Gasteiger partial charge in [0.1, 0.15) is 23.4 Å². The molecular weight excluding hydrogens is 470 g/mol. The molecule has 0 saturated heterocycles. The number of nitrogens with one attached hydrogen (secondary N) is 2. The van der Waals surface area contributed by atoms with Gasteiger partial charge >= 0.3 is 6.09 Å². The maximum absolute atomic E-state index is 13.8. The fourth-order valence-corrected chi connectivity index (χ4v) is 3.76. The Hall–Kier alpha value is -3.99. The zero-order valence-corrected chi connectivity index (χ0v) is 22.6. The lowest BCUT2D eigenvalue weighted by atomic mass is 9.98. The molecule has 0 aliphatic rings. The van der Waals surface area contributed by atoms with Crippen LogP contribution in [0.1, 0.15) is 63.8 Å². The van der Waals surface area contributed by atoms with Crippen molar-refractivity contribution in [2.75, 3.05) is 5.32 Å². The predicted molar refractivity (Wildman–Crippen MR) is 144 cm³/mol. The molecule has 0 fully saturated rings. The number of aromatic hydroxyl groups is 1. The smallest absolute Gasteiger partial charge is 0.408 e. The van der Waals surface area contributed by atoms with Crippen LogP contribution in [-0.2, 0) is 14.3 Å². The molecule has 198 valence electrons. The van der Waals surface area contributed by atoms with E-state index in [0.29, 0.717) is 16.8 Å². The fraction of sp³-hybridized carbons (Fsp3) is 0.414. The summed E-state index contributed by atoms with van der Waals surface area (Å²) in [5, 5.41) is 15.5. The summed E-state index contributed by atoms with van der Waals surface area (Å²) in [7, 11) is 0. The first-order valence-corrected chi connectivity index (χ1v) is 12.2. The van der Waals surface area contributed by atoms with Crippen LogP contribution < -0.4 is 10.6 Å². The monoisotopic (exact) mass is 507 g/mol. The standard InChI is InChI=1S/C29H37N3O5/c1-9-32(27(35)23(16-18(2)3)31-28(36)37-29(6,7)8)25(21-14-15-24(33)20(5)17-21)26(34)30-22-13-11-10-12-19(22)4/h1,10-15,17-18,23,25,33H,16H2,2-8H3,(H,30,34)(H,31,36). The van der Waals surface area contributed by atoms with Crippen molar-refractivity contribution in [3.63, 3.8) is 0 Å². The van der Waals surface area contributed by atoms with E-state index < -0.39 is 35.6 Å². The first-order valence-electron chi connectivity index (χ1n) is 12.2. The van der Waals surface area contributed by atoms with E-state index in [1.165, 1.54) is 6.07 Å². The summed E-state index contributed by atoms with van der Waals surface area (Å²) in [6.07, 6.45) is 5.34. The number of anilines is 1. The number of phenolic OH excluding ortho intramolecular Hbond substituents is 1. The molecule has 37 heavy (non-hydrogen) atoms. The number of benzene rings is 2. The Morgan fingerprint density at radius 1 is 1.08 bits per heavy atom. The molecule has 2 unspecified atom stereocenters. The summed E-state index contributed by atoms with van der Waals surface area (Å²) in [5.74, 6) is -1.09. The number of carbonyl (C=O) groups excluding carboxylic acids is 3. The lowest BCUT2D eigenvalue weighted by Gasteiger charge is -2.31. The molecule has 8 nitrogen and oxygen atoms in total. The Morgan fingerprint density at radius 2 is 1.73 bits per heavy atom. The van der Waals surface area contributed by atoms with Crippen LogP contribution in [0.15, 0.2) is 42.5 Å². The van der Waals surface area contributed by atoms with E-state index in [1.807, 2.05) is 32.9 Å². The number of rotatable bonds is 8. The number of hydrogen-bond acceptors (Lipinski definition) is 5. The topological polar surface area (TPSA) is 108 Å². The molecule has 0 saturated carbocycles. The summed E-state index contributed by atoms with van der Waals surface area (Å²) in [4.78, 5) is 41.0. The fourth-order valence-electron chi connectivity index (χ4n) is 3.76. The van der Waals surface area contributed by atoms with Gasteiger partial charge in [0.2, 0.25) is 0 Å². The van der Waals surface area contributed by atoms with Gasteiger partial charge < -0.3 is 20.5 Å². The number of carbonyl (C=O) groups is 3. The number of nitrogens with zero attached hydrogens (tertiary/aromatic N) is 1. The van der Waals surface area contributed by atoms with E-state index in [2.05, 4.69) is 16.7 Å². The Balaban J connectivity index is 2.51. The molecule has 2 aromatic rings. The molecule has 0 bridgehead atoms. The van der Waals surface area contributed by atoms with Gasteiger partial charge in [0.25, 0.3) is 11.8 Å². The average Bonchev–Trinajstić information content (AvgIpc) is 2.78. The molecule has 2 rings (SSSR count). The van der Waals surface area contributed by atoms with Gasteiger partial charge in [-0.3, -0.25) is 14.5 Å². The third-order valence-electron chi connectivity index (χ3n) is 5.52. The van der Waals surface area contributed by atoms with Gasteiger partial charge in [-0.1, -0.05) is 44.5 Å². The first-order chi connectivity index (χ1) is 17.2. The largest absolute Gasteiger partial charge is 0.508 e. The van der Waals surface area contributed by atoms with Crippen LogP contribution >= 0.6 is 0 Å². The number of hydrogen-bond donors (Lipinski definition) is 3. The van der Waals surface area contributed by atoms with Crippen molar-refractivity contribution in [3.05, 3.63) is 59.2 Å². The van der Waals surface area contributed by atoms with Gasteiger partial charge in [0, 0.05) is 11.7 Å². The summed E-state index contributed by atoms with van der Waals surface area (Å²) in [5.41, 5.74) is 1.57. The molecule has 3 amide bonds. The quantitative estimate of drug-likeness (QED) is 0.342. The number of amides is 3. The summed E-state index contributed by atoms with van der Waals surface area (Å²) in [6.45, 7) is 12.5. The molecule has 0 spiro atoms. The minimum absolute atomic E-state index is 0.0265. The van der Waals surface area contributed by atoms with Crippen LogP contribution in [0.3, 0.4) is 0 Å². The van der Waals surface area contributed by atoms with Crippen LogP contribution in [-0.4, -0.2) is 39.6 Å². The van der Waals surface area contributed by atoms with E-state index >= 15 is 0 Å². The van der Waals surface area contributed by atoms with Crippen LogP contribution in [0.4, 0.5) is 10.5 Å². The highest BCUT2D eigenvalue weighted by atomic mass is 16.6. The second-order valence-corrected chi connectivity index (χ2v) is 10.4. The van der Waals surface area contributed by atoms with E-state index in [-0.39, 0.29) is 18.1 Å². The zero-order valence-electron chi connectivity index (χ0n) is 22.6.